The minimum atomic E-state index is -0.803. The molecule has 2 aliphatic rings. The number of benzene rings is 2. The molecule has 2 heterocycles. The molecule has 7 heteroatoms. The van der Waals surface area contributed by atoms with Gasteiger partial charge < -0.3 is 19.5 Å². The summed E-state index contributed by atoms with van der Waals surface area (Å²) in [6, 6.07) is 8.46. The SMILES string of the molecule is O=C(O)[C@H]1C[C@H](c2c(C3CCOCC3)n(-c3cc(F)cc(F)c3)c3ccc(O)cc32)C1. The maximum Gasteiger partial charge on any atom is 0.306 e. The monoisotopic (exact) mass is 427 g/mol. The van der Waals surface area contributed by atoms with Crippen LogP contribution in [0.4, 0.5) is 8.78 Å². The van der Waals surface area contributed by atoms with E-state index in [0.29, 0.717) is 31.7 Å². The standard InChI is InChI=1S/C24H23F2NO4/c25-16-9-17(26)11-18(10-16)27-21-2-1-19(28)12-20(21)22(14-7-15(8-14)24(29)30)23(27)13-3-5-31-6-4-13/h1-2,9-15,28H,3-8H2,(H,29,30)/t14-,15-. The Balaban J connectivity index is 1.77. The van der Waals surface area contributed by atoms with Crippen LogP contribution in [0.1, 0.15) is 48.8 Å². The van der Waals surface area contributed by atoms with Crippen LogP contribution in [-0.4, -0.2) is 34.0 Å². The summed E-state index contributed by atoms with van der Waals surface area (Å²) in [6.45, 7) is 1.19. The minimum absolute atomic E-state index is 0.0166. The number of hydrogen-bond acceptors (Lipinski definition) is 3. The molecule has 0 spiro atoms. The first-order valence-corrected chi connectivity index (χ1v) is 10.6. The van der Waals surface area contributed by atoms with Crippen LogP contribution >= 0.6 is 0 Å². The smallest absolute Gasteiger partial charge is 0.306 e. The Morgan fingerprint density at radius 3 is 2.32 bits per heavy atom. The number of aromatic nitrogens is 1. The number of aliphatic carboxylic acids is 1. The molecular formula is C24H23F2NO4. The molecule has 0 unspecified atom stereocenters. The highest BCUT2D eigenvalue weighted by Gasteiger charge is 2.40. The van der Waals surface area contributed by atoms with Crippen molar-refractivity contribution in [3.05, 3.63) is 59.3 Å². The normalized spacial score (nSPS) is 21.9. The van der Waals surface area contributed by atoms with Crippen molar-refractivity contribution in [3.8, 4) is 11.4 Å². The number of hydrogen-bond donors (Lipinski definition) is 2. The number of carboxylic acid groups (broad SMARTS) is 1. The number of carbonyl (C=O) groups is 1. The van der Waals surface area contributed by atoms with E-state index < -0.39 is 23.5 Å². The van der Waals surface area contributed by atoms with Crippen LogP contribution in [0.2, 0.25) is 0 Å². The molecule has 2 aromatic carbocycles. The van der Waals surface area contributed by atoms with Crippen molar-refractivity contribution in [1.82, 2.24) is 4.57 Å². The summed E-state index contributed by atoms with van der Waals surface area (Å²) in [5.41, 5.74) is 3.07. The second-order valence-electron chi connectivity index (χ2n) is 8.55. The number of carboxylic acids is 1. The predicted molar refractivity (Wildman–Crippen MR) is 111 cm³/mol. The number of aromatic hydroxyl groups is 1. The van der Waals surface area contributed by atoms with Gasteiger partial charge in [-0.3, -0.25) is 4.79 Å². The molecule has 0 amide bonds. The molecule has 1 aliphatic heterocycles. The molecule has 0 radical (unpaired) electrons. The van der Waals surface area contributed by atoms with Crippen molar-refractivity contribution in [3.63, 3.8) is 0 Å². The number of halogens is 2. The van der Waals surface area contributed by atoms with Crippen LogP contribution < -0.4 is 0 Å². The molecule has 0 atom stereocenters. The first-order valence-electron chi connectivity index (χ1n) is 10.6. The second-order valence-corrected chi connectivity index (χ2v) is 8.55. The van der Waals surface area contributed by atoms with E-state index in [4.69, 9.17) is 4.74 Å². The maximum atomic E-state index is 14.2. The van der Waals surface area contributed by atoms with E-state index >= 15 is 0 Å². The van der Waals surface area contributed by atoms with Gasteiger partial charge in [-0.15, -0.1) is 0 Å². The van der Waals surface area contributed by atoms with E-state index in [-0.39, 0.29) is 17.6 Å². The molecule has 162 valence electrons. The van der Waals surface area contributed by atoms with Gasteiger partial charge in [0.25, 0.3) is 0 Å². The second kappa shape index (κ2) is 7.64. The van der Waals surface area contributed by atoms with Crippen molar-refractivity contribution in [2.45, 2.75) is 37.5 Å². The number of rotatable bonds is 4. The van der Waals surface area contributed by atoms with E-state index in [2.05, 4.69) is 0 Å². The van der Waals surface area contributed by atoms with E-state index in [9.17, 15) is 23.8 Å². The molecule has 3 aromatic rings. The Labute approximate surface area is 177 Å². The maximum absolute atomic E-state index is 14.2. The van der Waals surface area contributed by atoms with E-state index in [1.165, 1.54) is 12.1 Å². The summed E-state index contributed by atoms with van der Waals surface area (Å²) in [5, 5.41) is 20.4. The van der Waals surface area contributed by atoms with Gasteiger partial charge in [-0.25, -0.2) is 8.78 Å². The fourth-order valence-electron chi connectivity index (χ4n) is 5.13. The topological polar surface area (TPSA) is 71.7 Å². The molecule has 2 fully saturated rings. The summed E-state index contributed by atoms with van der Waals surface area (Å²) >= 11 is 0. The Morgan fingerprint density at radius 1 is 1.00 bits per heavy atom. The highest BCUT2D eigenvalue weighted by Crippen LogP contribution is 2.50. The van der Waals surface area contributed by atoms with Gasteiger partial charge in [0.15, 0.2) is 0 Å². The lowest BCUT2D eigenvalue weighted by atomic mass is 9.69. The number of phenols is 1. The van der Waals surface area contributed by atoms with E-state index in [0.717, 1.165) is 41.1 Å². The first-order chi connectivity index (χ1) is 14.9. The Kier molecular flexibility index (Phi) is 4.93. The zero-order chi connectivity index (χ0) is 21.7. The summed E-state index contributed by atoms with van der Waals surface area (Å²) in [7, 11) is 0. The molecule has 1 saturated heterocycles. The van der Waals surface area contributed by atoms with Gasteiger partial charge in [0.1, 0.15) is 17.4 Å². The van der Waals surface area contributed by atoms with E-state index in [1.807, 2.05) is 4.57 Å². The summed E-state index contributed by atoms with van der Waals surface area (Å²) in [6.07, 6.45) is 2.56. The van der Waals surface area contributed by atoms with Crippen LogP contribution in [0.25, 0.3) is 16.6 Å². The number of phenolic OH excluding ortho intramolecular Hbond substituents is 1. The van der Waals surface area contributed by atoms with Crippen molar-refractivity contribution in [2.75, 3.05) is 13.2 Å². The quantitative estimate of drug-likeness (QED) is 0.609. The Hall–Kier alpha value is -2.93. The average Bonchev–Trinajstić information content (AvgIpc) is 3.01. The van der Waals surface area contributed by atoms with Crippen LogP contribution in [-0.2, 0) is 9.53 Å². The molecular weight excluding hydrogens is 404 g/mol. The summed E-state index contributed by atoms with van der Waals surface area (Å²) in [4.78, 5) is 11.4. The number of nitrogens with zero attached hydrogens (tertiary/aromatic N) is 1. The minimum Gasteiger partial charge on any atom is -0.508 e. The molecule has 1 aromatic heterocycles. The van der Waals surface area contributed by atoms with Gasteiger partial charge in [-0.05, 0) is 67.5 Å². The zero-order valence-corrected chi connectivity index (χ0v) is 16.9. The lowest BCUT2D eigenvalue weighted by molar-refractivity contribution is -0.145. The van der Waals surface area contributed by atoms with Gasteiger partial charge in [0.05, 0.1) is 17.1 Å². The number of ether oxygens (including phenoxy) is 1. The molecule has 1 aliphatic carbocycles. The zero-order valence-electron chi connectivity index (χ0n) is 16.9. The first kappa shape index (κ1) is 20.0. The van der Waals surface area contributed by atoms with Crippen molar-refractivity contribution >= 4 is 16.9 Å². The van der Waals surface area contributed by atoms with Crippen LogP contribution in [0.15, 0.2) is 36.4 Å². The Bertz CT molecular complexity index is 1140. The highest BCUT2D eigenvalue weighted by molar-refractivity contribution is 5.90. The summed E-state index contributed by atoms with van der Waals surface area (Å²) in [5.74, 6) is -2.30. The molecule has 0 bridgehead atoms. The van der Waals surface area contributed by atoms with E-state index in [1.54, 1.807) is 18.2 Å². The molecule has 1 saturated carbocycles. The number of fused-ring (bicyclic) bond motifs is 1. The van der Waals surface area contributed by atoms with Crippen LogP contribution in [0.3, 0.4) is 0 Å². The van der Waals surface area contributed by atoms with Gasteiger partial charge >= 0.3 is 5.97 Å². The van der Waals surface area contributed by atoms with Gasteiger partial charge in [-0.1, -0.05) is 0 Å². The molecule has 2 N–H and O–H groups in total. The fourth-order valence-corrected chi connectivity index (χ4v) is 5.13. The largest absolute Gasteiger partial charge is 0.508 e. The average molecular weight is 427 g/mol. The lowest BCUT2D eigenvalue weighted by Crippen LogP contribution is -2.30. The fraction of sp³-hybridized carbons (Fsp3) is 0.375. The van der Waals surface area contributed by atoms with Crippen molar-refractivity contribution in [2.24, 2.45) is 5.92 Å². The lowest BCUT2D eigenvalue weighted by Gasteiger charge is -2.35. The molecule has 5 rings (SSSR count). The van der Waals surface area contributed by atoms with Crippen LogP contribution in [0.5, 0.6) is 5.75 Å². The van der Waals surface area contributed by atoms with Crippen LogP contribution in [0, 0.1) is 17.6 Å². The third-order valence-corrected chi connectivity index (χ3v) is 6.64. The van der Waals surface area contributed by atoms with Crippen molar-refractivity contribution < 1.29 is 28.5 Å². The van der Waals surface area contributed by atoms with Gasteiger partial charge in [0.2, 0.25) is 0 Å². The third kappa shape index (κ3) is 3.47. The molecule has 5 nitrogen and oxygen atoms in total. The predicted octanol–water partition coefficient (Wildman–Crippen LogP) is 5.09. The summed E-state index contributed by atoms with van der Waals surface area (Å²) < 4.78 is 35.7. The Morgan fingerprint density at radius 2 is 1.68 bits per heavy atom. The van der Waals surface area contributed by atoms with Crippen molar-refractivity contribution in [1.29, 1.82) is 0 Å². The van der Waals surface area contributed by atoms with Gasteiger partial charge in [0, 0.05) is 36.3 Å². The van der Waals surface area contributed by atoms with Gasteiger partial charge in [-0.2, -0.15) is 0 Å². The third-order valence-electron chi connectivity index (χ3n) is 6.64. The molecule has 31 heavy (non-hydrogen) atoms. The highest BCUT2D eigenvalue weighted by atomic mass is 19.1.